The molecule has 20 heavy (non-hydrogen) atoms. The predicted octanol–water partition coefficient (Wildman–Crippen LogP) is 2.68. The van der Waals surface area contributed by atoms with Crippen LogP contribution in [-0.4, -0.2) is 35.3 Å². The van der Waals surface area contributed by atoms with E-state index in [0.717, 1.165) is 11.8 Å². The number of carbonyl (C=O) groups excluding carboxylic acids is 2. The van der Waals surface area contributed by atoms with Gasteiger partial charge in [0.05, 0.1) is 22.2 Å². The van der Waals surface area contributed by atoms with Gasteiger partial charge in [-0.1, -0.05) is 16.9 Å². The van der Waals surface area contributed by atoms with Crippen LogP contribution in [0.25, 0.3) is 0 Å². The van der Waals surface area contributed by atoms with Crippen LogP contribution < -0.4 is 0 Å². The second kappa shape index (κ2) is 7.12. The molecule has 1 aliphatic rings. The highest BCUT2D eigenvalue weighted by Crippen LogP contribution is 2.55. The Labute approximate surface area is 126 Å². The molecule has 0 amide bonds. The Morgan fingerprint density at radius 2 is 1.70 bits per heavy atom. The predicted molar refractivity (Wildman–Crippen MR) is 79.1 cm³/mol. The van der Waals surface area contributed by atoms with Crippen molar-refractivity contribution in [2.45, 2.75) is 37.8 Å². The third-order valence-corrected chi connectivity index (χ3v) is 5.57. The molecule has 112 valence electrons. The van der Waals surface area contributed by atoms with Gasteiger partial charge in [-0.2, -0.15) is 0 Å². The minimum Gasteiger partial charge on any atom is -0.462 e. The highest BCUT2D eigenvalue weighted by atomic mass is 32.2. The van der Waals surface area contributed by atoms with E-state index in [2.05, 4.69) is 5.18 Å². The van der Waals surface area contributed by atoms with E-state index in [1.807, 2.05) is 13.8 Å². The van der Waals surface area contributed by atoms with E-state index in [1.54, 1.807) is 13.8 Å². The molecule has 1 aliphatic heterocycles. The number of nitrogens with zero attached hydrogens (tertiary/aromatic N) is 1. The normalized spacial score (nSPS) is 20.4. The zero-order valence-corrected chi connectivity index (χ0v) is 13.4. The Kier molecular flexibility index (Phi) is 6.07. The fraction of sp³-hybridized carbons (Fsp3) is 0.667. The van der Waals surface area contributed by atoms with Crippen molar-refractivity contribution in [3.05, 3.63) is 14.7 Å². The molecule has 0 aliphatic carbocycles. The largest absolute Gasteiger partial charge is 0.462 e. The number of nitroso groups, excluding NO2 is 1. The van der Waals surface area contributed by atoms with Crippen LogP contribution in [0.4, 0.5) is 0 Å². The zero-order valence-electron chi connectivity index (χ0n) is 11.8. The van der Waals surface area contributed by atoms with Gasteiger partial charge in [-0.05, 0) is 27.7 Å². The summed E-state index contributed by atoms with van der Waals surface area (Å²) < 4.78 is 9.71. The molecule has 1 heterocycles. The standard InChI is InChI=1S/C12H17NO5S2/c1-5-17-8(14)7(9(15)18-6-2)10-19-11(13-16)12(3,4)20-10/h11H,5-6H2,1-4H3. The van der Waals surface area contributed by atoms with Gasteiger partial charge in [-0.3, -0.25) is 0 Å². The van der Waals surface area contributed by atoms with Gasteiger partial charge in [0.15, 0.2) is 10.9 Å². The van der Waals surface area contributed by atoms with Crippen molar-refractivity contribution in [2.75, 3.05) is 13.2 Å². The first-order valence-electron chi connectivity index (χ1n) is 6.14. The van der Waals surface area contributed by atoms with Crippen molar-refractivity contribution >= 4 is 35.5 Å². The van der Waals surface area contributed by atoms with Crippen LogP contribution in [0.3, 0.4) is 0 Å². The summed E-state index contributed by atoms with van der Waals surface area (Å²) in [7, 11) is 0. The molecule has 6 nitrogen and oxygen atoms in total. The van der Waals surface area contributed by atoms with Crippen molar-refractivity contribution in [3.63, 3.8) is 0 Å². The van der Waals surface area contributed by atoms with Gasteiger partial charge < -0.3 is 9.47 Å². The Morgan fingerprint density at radius 3 is 2.05 bits per heavy atom. The lowest BCUT2D eigenvalue weighted by molar-refractivity contribution is -0.146. The van der Waals surface area contributed by atoms with E-state index >= 15 is 0 Å². The minimum atomic E-state index is -0.733. The summed E-state index contributed by atoms with van der Waals surface area (Å²) in [5.74, 6) is -1.47. The molecule has 0 N–H and O–H groups in total. The van der Waals surface area contributed by atoms with Gasteiger partial charge in [0.25, 0.3) is 0 Å². The summed E-state index contributed by atoms with van der Waals surface area (Å²) in [6.07, 6.45) is 0. The van der Waals surface area contributed by atoms with E-state index in [-0.39, 0.29) is 18.8 Å². The van der Waals surface area contributed by atoms with E-state index in [9.17, 15) is 14.5 Å². The molecule has 1 saturated heterocycles. The van der Waals surface area contributed by atoms with Crippen LogP contribution in [0.5, 0.6) is 0 Å². The summed E-state index contributed by atoms with van der Waals surface area (Å²) in [5.41, 5.74) is -0.150. The Bertz CT molecular complexity index is 427. The third kappa shape index (κ3) is 3.76. The Morgan fingerprint density at radius 1 is 1.20 bits per heavy atom. The quantitative estimate of drug-likeness (QED) is 0.253. The van der Waals surface area contributed by atoms with Gasteiger partial charge in [0.2, 0.25) is 0 Å². The molecule has 0 spiro atoms. The first kappa shape index (κ1) is 17.0. The average molecular weight is 319 g/mol. The molecule has 0 aromatic heterocycles. The van der Waals surface area contributed by atoms with Gasteiger partial charge in [0, 0.05) is 0 Å². The van der Waals surface area contributed by atoms with Crippen LogP contribution in [0, 0.1) is 4.91 Å². The van der Waals surface area contributed by atoms with Crippen molar-refractivity contribution in [1.82, 2.24) is 0 Å². The number of ether oxygens (including phenoxy) is 2. The molecular formula is C12H17NO5S2. The van der Waals surface area contributed by atoms with E-state index < -0.39 is 22.1 Å². The van der Waals surface area contributed by atoms with Gasteiger partial charge in [-0.25, -0.2) is 9.59 Å². The van der Waals surface area contributed by atoms with E-state index in [1.165, 1.54) is 11.8 Å². The highest BCUT2D eigenvalue weighted by molar-refractivity contribution is 8.26. The Hall–Kier alpha value is -1.02. The minimum absolute atomic E-state index is 0.150. The van der Waals surface area contributed by atoms with Gasteiger partial charge in [-0.15, -0.1) is 16.7 Å². The van der Waals surface area contributed by atoms with E-state index in [0.29, 0.717) is 4.24 Å². The lowest BCUT2D eigenvalue weighted by Gasteiger charge is -2.17. The van der Waals surface area contributed by atoms with Gasteiger partial charge in [0.1, 0.15) is 0 Å². The average Bonchev–Trinajstić information content (AvgIpc) is 2.65. The number of hydrogen-bond acceptors (Lipinski definition) is 8. The molecule has 0 aromatic rings. The van der Waals surface area contributed by atoms with E-state index in [4.69, 9.17) is 9.47 Å². The molecule has 1 rings (SSSR count). The second-order valence-corrected chi connectivity index (χ2v) is 7.40. The third-order valence-electron chi connectivity index (χ3n) is 2.43. The second-order valence-electron chi connectivity index (χ2n) is 4.38. The number of hydrogen-bond donors (Lipinski definition) is 0. The van der Waals surface area contributed by atoms with Crippen LogP contribution in [0.1, 0.15) is 27.7 Å². The SMILES string of the molecule is CCOC(=O)C(C(=O)OCC)=C1SC(N=O)C(C)(C)S1. The summed E-state index contributed by atoms with van der Waals surface area (Å²) in [6.45, 7) is 7.28. The summed E-state index contributed by atoms with van der Waals surface area (Å²) in [5, 5.41) is 2.47. The van der Waals surface area contributed by atoms with Crippen molar-refractivity contribution in [3.8, 4) is 0 Å². The number of thioether (sulfide) groups is 2. The van der Waals surface area contributed by atoms with Crippen LogP contribution >= 0.6 is 23.5 Å². The molecule has 0 aromatic carbocycles. The fourth-order valence-electron chi connectivity index (χ4n) is 1.47. The molecular weight excluding hydrogens is 302 g/mol. The monoisotopic (exact) mass is 319 g/mol. The highest BCUT2D eigenvalue weighted by Gasteiger charge is 2.44. The number of rotatable bonds is 5. The lowest BCUT2D eigenvalue weighted by atomic mass is 10.2. The maximum Gasteiger partial charge on any atom is 0.347 e. The van der Waals surface area contributed by atoms with Crippen molar-refractivity contribution in [1.29, 1.82) is 0 Å². The molecule has 1 unspecified atom stereocenters. The van der Waals surface area contributed by atoms with Crippen molar-refractivity contribution < 1.29 is 19.1 Å². The van der Waals surface area contributed by atoms with Crippen LogP contribution in [-0.2, 0) is 19.1 Å². The zero-order chi connectivity index (χ0) is 15.3. The first-order chi connectivity index (χ1) is 9.37. The molecule has 1 fully saturated rings. The Balaban J connectivity index is 3.16. The lowest BCUT2D eigenvalue weighted by Crippen LogP contribution is -2.22. The molecule has 0 radical (unpaired) electrons. The molecule has 8 heteroatoms. The van der Waals surface area contributed by atoms with Gasteiger partial charge >= 0.3 is 11.9 Å². The first-order valence-corrected chi connectivity index (χ1v) is 7.83. The smallest absolute Gasteiger partial charge is 0.347 e. The number of carbonyl (C=O) groups is 2. The molecule has 0 saturated carbocycles. The summed E-state index contributed by atoms with van der Waals surface area (Å²) in [6, 6.07) is 0. The summed E-state index contributed by atoms with van der Waals surface area (Å²) >= 11 is 2.36. The molecule has 0 bridgehead atoms. The number of esters is 2. The maximum absolute atomic E-state index is 11.9. The molecule has 1 atom stereocenters. The van der Waals surface area contributed by atoms with Crippen LogP contribution in [0.15, 0.2) is 15.0 Å². The maximum atomic E-state index is 11.9. The summed E-state index contributed by atoms with van der Waals surface area (Å²) in [4.78, 5) is 34.7. The topological polar surface area (TPSA) is 82.0 Å². The fourth-order valence-corrected chi connectivity index (χ4v) is 4.58. The van der Waals surface area contributed by atoms with Crippen molar-refractivity contribution in [2.24, 2.45) is 5.18 Å². The van der Waals surface area contributed by atoms with Crippen LogP contribution in [0.2, 0.25) is 0 Å².